The van der Waals surface area contributed by atoms with Gasteiger partial charge >= 0.3 is 0 Å². The zero-order valence-electron chi connectivity index (χ0n) is 30.6. The van der Waals surface area contributed by atoms with Gasteiger partial charge in [-0.05, 0) is 23.3 Å². The molecular formula is C50H43N3P2. The first kappa shape index (κ1) is 36.2. The van der Waals surface area contributed by atoms with Gasteiger partial charge in [0, 0.05) is 44.9 Å². The number of hydrogen-bond acceptors (Lipinski definition) is 3. The van der Waals surface area contributed by atoms with Crippen molar-refractivity contribution in [2.75, 3.05) is 0 Å². The number of benzene rings is 8. The molecule has 268 valence electrons. The van der Waals surface area contributed by atoms with Crippen LogP contribution in [0, 0.1) is 0 Å². The Labute approximate surface area is 325 Å². The molecule has 8 aromatic rings. The third kappa shape index (κ3) is 7.61. The maximum Gasteiger partial charge on any atom is 0.0670 e. The first-order valence-electron chi connectivity index (χ1n) is 18.7. The highest BCUT2D eigenvalue weighted by Gasteiger charge is 2.29. The molecule has 8 rings (SSSR count). The summed E-state index contributed by atoms with van der Waals surface area (Å²) in [5.41, 5.74) is 4.31. The van der Waals surface area contributed by atoms with Crippen molar-refractivity contribution < 1.29 is 0 Å². The van der Waals surface area contributed by atoms with Crippen LogP contribution in [-0.4, -0.2) is 0 Å². The second-order valence-corrected chi connectivity index (χ2v) is 19.4. The molecule has 5 heteroatoms. The van der Waals surface area contributed by atoms with Crippen LogP contribution in [0.15, 0.2) is 240 Å². The van der Waals surface area contributed by atoms with E-state index in [1.165, 1.54) is 31.8 Å². The second kappa shape index (κ2) is 17.1. The number of nitrogens with zero attached hydrogens (tertiary/aromatic N) is 2. The standard InChI is InChI=1S/C50H43N3P2/c1-7-25-43(26-8-1)54(44-27-9-2-10-28-44,45-29-11-3-12-30-45)52-49-37-21-19-23-41(49)39-51-40-42-24-20-22-38-50(42)53-55(46-31-13-4-14-32-46,47-33-15-5-16-34-47)48-35-17-6-18-36-48/h1-38,51H,39-40H2. The van der Waals surface area contributed by atoms with E-state index in [1.807, 2.05) is 0 Å². The van der Waals surface area contributed by atoms with Crippen LogP contribution in [-0.2, 0) is 13.1 Å². The molecule has 0 spiro atoms. The van der Waals surface area contributed by atoms with Crippen molar-refractivity contribution in [1.82, 2.24) is 5.32 Å². The first-order chi connectivity index (χ1) is 27.3. The van der Waals surface area contributed by atoms with Crippen LogP contribution in [0.25, 0.3) is 0 Å². The fourth-order valence-corrected chi connectivity index (χ4v) is 14.4. The summed E-state index contributed by atoms with van der Waals surface area (Å²) < 4.78 is 11.7. The largest absolute Gasteiger partial charge is 0.308 e. The molecule has 0 amide bonds. The molecule has 0 atom stereocenters. The highest BCUT2D eigenvalue weighted by atomic mass is 31.2. The summed E-state index contributed by atoms with van der Waals surface area (Å²) in [5, 5.41) is 11.2. The molecule has 8 aromatic carbocycles. The first-order valence-corrected chi connectivity index (χ1v) is 22.2. The summed E-state index contributed by atoms with van der Waals surface area (Å²) >= 11 is 0. The third-order valence-electron chi connectivity index (χ3n) is 9.91. The van der Waals surface area contributed by atoms with Crippen molar-refractivity contribution >= 4 is 57.3 Å². The normalized spacial score (nSPS) is 11.5. The van der Waals surface area contributed by atoms with Crippen molar-refractivity contribution in [2.45, 2.75) is 13.1 Å². The summed E-state index contributed by atoms with van der Waals surface area (Å²) in [6, 6.07) is 82.1. The summed E-state index contributed by atoms with van der Waals surface area (Å²) in [5.74, 6) is 0. The van der Waals surface area contributed by atoms with Crippen LogP contribution in [0.4, 0.5) is 11.4 Å². The van der Waals surface area contributed by atoms with Crippen molar-refractivity contribution in [3.63, 3.8) is 0 Å². The minimum absolute atomic E-state index is 0.655. The molecule has 0 aliphatic heterocycles. The fraction of sp³-hybridized carbons (Fsp3) is 0.0400. The smallest absolute Gasteiger partial charge is 0.0670 e. The predicted molar refractivity (Wildman–Crippen MR) is 238 cm³/mol. The Morgan fingerprint density at radius 2 is 0.491 bits per heavy atom. The molecule has 1 N–H and O–H groups in total. The van der Waals surface area contributed by atoms with Crippen molar-refractivity contribution in [3.8, 4) is 0 Å². The number of rotatable bonds is 12. The van der Waals surface area contributed by atoms with E-state index in [1.54, 1.807) is 0 Å². The lowest BCUT2D eigenvalue weighted by Gasteiger charge is -2.27. The number of nitrogens with one attached hydrogen (secondary N) is 1. The molecule has 0 bridgehead atoms. The zero-order valence-corrected chi connectivity index (χ0v) is 32.4. The van der Waals surface area contributed by atoms with Crippen LogP contribution in [0.1, 0.15) is 11.1 Å². The van der Waals surface area contributed by atoms with Crippen LogP contribution < -0.4 is 37.1 Å². The van der Waals surface area contributed by atoms with E-state index in [0.29, 0.717) is 13.1 Å². The zero-order chi connectivity index (χ0) is 37.2. The van der Waals surface area contributed by atoms with Gasteiger partial charge in [0.2, 0.25) is 0 Å². The summed E-state index contributed by atoms with van der Waals surface area (Å²) in [6.07, 6.45) is 0. The van der Waals surface area contributed by atoms with E-state index in [4.69, 9.17) is 9.49 Å². The molecule has 0 unspecified atom stereocenters. The molecule has 0 saturated heterocycles. The third-order valence-corrected chi connectivity index (χ3v) is 17.2. The van der Waals surface area contributed by atoms with Gasteiger partial charge < -0.3 is 5.32 Å². The van der Waals surface area contributed by atoms with Crippen LogP contribution in [0.3, 0.4) is 0 Å². The van der Waals surface area contributed by atoms with Crippen molar-refractivity contribution in [1.29, 1.82) is 0 Å². The van der Waals surface area contributed by atoms with E-state index < -0.39 is 14.1 Å². The molecule has 0 aliphatic rings. The van der Waals surface area contributed by atoms with Gasteiger partial charge in [-0.3, -0.25) is 9.49 Å². The van der Waals surface area contributed by atoms with Crippen molar-refractivity contribution in [2.24, 2.45) is 9.49 Å². The Balaban J connectivity index is 1.20. The SMILES string of the molecule is c1ccc(P(=Nc2ccccc2CNCc2ccccc2N=P(c2ccccc2)(c2ccccc2)c2ccccc2)(c2ccccc2)c2ccccc2)cc1. The molecule has 0 aliphatic carbocycles. The average molecular weight is 748 g/mol. The fourth-order valence-electron chi connectivity index (χ4n) is 7.27. The van der Waals surface area contributed by atoms with E-state index in [0.717, 1.165) is 22.5 Å². The Hall–Kier alpha value is -5.82. The van der Waals surface area contributed by atoms with Gasteiger partial charge in [0.25, 0.3) is 0 Å². The van der Waals surface area contributed by atoms with E-state index in [-0.39, 0.29) is 0 Å². The van der Waals surface area contributed by atoms with Crippen molar-refractivity contribution in [3.05, 3.63) is 242 Å². The quantitative estimate of drug-likeness (QED) is 0.124. The monoisotopic (exact) mass is 747 g/mol. The maximum absolute atomic E-state index is 5.85. The molecule has 0 fully saturated rings. The summed E-state index contributed by atoms with van der Waals surface area (Å²) in [7, 11) is -4.85. The topological polar surface area (TPSA) is 36.8 Å². The molecule has 0 saturated carbocycles. The molecule has 0 aromatic heterocycles. The molecule has 0 radical (unpaired) electrons. The predicted octanol–water partition coefficient (Wildman–Crippen LogP) is 10.6. The van der Waals surface area contributed by atoms with Crippen LogP contribution in [0.2, 0.25) is 0 Å². The molecule has 0 heterocycles. The van der Waals surface area contributed by atoms with Crippen LogP contribution in [0.5, 0.6) is 0 Å². The molecular weight excluding hydrogens is 705 g/mol. The van der Waals surface area contributed by atoms with Gasteiger partial charge in [-0.1, -0.05) is 218 Å². The Kier molecular flexibility index (Phi) is 11.2. The average Bonchev–Trinajstić information content (AvgIpc) is 3.27. The Morgan fingerprint density at radius 1 is 0.273 bits per heavy atom. The highest BCUT2D eigenvalue weighted by molar-refractivity contribution is 7.88. The van der Waals surface area contributed by atoms with Gasteiger partial charge in [0.05, 0.1) is 25.5 Å². The minimum atomic E-state index is -2.43. The van der Waals surface area contributed by atoms with E-state index in [2.05, 4.69) is 236 Å². The summed E-state index contributed by atoms with van der Waals surface area (Å²) in [4.78, 5) is 0. The van der Waals surface area contributed by atoms with Gasteiger partial charge in [-0.2, -0.15) is 0 Å². The lowest BCUT2D eigenvalue weighted by Crippen LogP contribution is -2.25. The van der Waals surface area contributed by atoms with Gasteiger partial charge in [-0.25, -0.2) is 0 Å². The van der Waals surface area contributed by atoms with E-state index in [9.17, 15) is 0 Å². The number of hydrogen-bond donors (Lipinski definition) is 1. The second-order valence-electron chi connectivity index (χ2n) is 13.3. The van der Waals surface area contributed by atoms with Crippen LogP contribution >= 0.6 is 14.1 Å². The lowest BCUT2D eigenvalue weighted by atomic mass is 10.1. The van der Waals surface area contributed by atoms with Gasteiger partial charge in [0.15, 0.2) is 0 Å². The summed E-state index contributed by atoms with van der Waals surface area (Å²) in [6.45, 7) is 1.31. The Bertz CT molecular complexity index is 2170. The minimum Gasteiger partial charge on any atom is -0.308 e. The Morgan fingerprint density at radius 3 is 0.745 bits per heavy atom. The lowest BCUT2D eigenvalue weighted by molar-refractivity contribution is 0.694. The maximum atomic E-state index is 5.85. The highest BCUT2D eigenvalue weighted by Crippen LogP contribution is 2.51. The van der Waals surface area contributed by atoms with Gasteiger partial charge in [-0.15, -0.1) is 0 Å². The van der Waals surface area contributed by atoms with E-state index >= 15 is 0 Å². The molecule has 55 heavy (non-hydrogen) atoms. The molecule has 3 nitrogen and oxygen atoms in total. The van der Waals surface area contributed by atoms with Gasteiger partial charge in [0.1, 0.15) is 0 Å².